The summed E-state index contributed by atoms with van der Waals surface area (Å²) in [6, 6.07) is 6.62. The SMILES string of the molecule is C[C@]12CCC(=NOCC(=O)N[C@@H](Cc3c[nH]c4ccccc34)C(=O)O)C=C1CC[C@@H]1[C@H]2CC[C@@]2(C)[C@@H]1CC[C@]2(C)O. The number of aliphatic carboxylic acids is 1. The van der Waals surface area contributed by atoms with Gasteiger partial charge in [-0.1, -0.05) is 42.8 Å². The second kappa shape index (κ2) is 10.3. The maximum Gasteiger partial charge on any atom is 0.326 e. The van der Waals surface area contributed by atoms with Crippen LogP contribution in [0.15, 0.2) is 47.3 Å². The number of carbonyl (C=O) groups excluding carboxylic acids is 1. The van der Waals surface area contributed by atoms with Gasteiger partial charge in [-0.05, 0) is 105 Å². The third kappa shape index (κ3) is 4.78. The maximum absolute atomic E-state index is 12.6. The molecule has 0 radical (unpaired) electrons. The van der Waals surface area contributed by atoms with Gasteiger partial charge in [0.25, 0.3) is 5.91 Å². The Morgan fingerprint density at radius 2 is 1.88 bits per heavy atom. The van der Waals surface area contributed by atoms with Crippen LogP contribution in [0, 0.1) is 28.6 Å². The lowest BCUT2D eigenvalue weighted by atomic mass is 9.46. The van der Waals surface area contributed by atoms with E-state index in [1.807, 2.05) is 24.3 Å². The Bertz CT molecular complexity index is 1410. The van der Waals surface area contributed by atoms with Crippen molar-refractivity contribution in [3.8, 4) is 0 Å². The predicted octanol–water partition coefficient (Wildman–Crippen LogP) is 5.37. The van der Waals surface area contributed by atoms with Gasteiger partial charge in [-0.25, -0.2) is 4.79 Å². The highest BCUT2D eigenvalue weighted by molar-refractivity contribution is 5.96. The average molecular weight is 562 g/mol. The van der Waals surface area contributed by atoms with Gasteiger partial charge in [-0.15, -0.1) is 0 Å². The molecule has 1 aromatic heterocycles. The fourth-order valence-corrected chi connectivity index (χ4v) is 9.02. The van der Waals surface area contributed by atoms with Crippen molar-refractivity contribution >= 4 is 28.5 Å². The predicted molar refractivity (Wildman–Crippen MR) is 157 cm³/mol. The summed E-state index contributed by atoms with van der Waals surface area (Å²) in [5, 5.41) is 28.7. The Labute approximate surface area is 241 Å². The first-order chi connectivity index (χ1) is 19.5. The molecule has 4 aliphatic carbocycles. The molecule has 0 spiro atoms. The largest absolute Gasteiger partial charge is 0.480 e. The molecule has 8 nitrogen and oxygen atoms in total. The Balaban J connectivity index is 1.07. The highest BCUT2D eigenvalue weighted by atomic mass is 16.6. The van der Waals surface area contributed by atoms with Gasteiger partial charge in [0.05, 0.1) is 11.3 Å². The number of carboxylic acids is 1. The van der Waals surface area contributed by atoms with Crippen LogP contribution in [0.4, 0.5) is 0 Å². The smallest absolute Gasteiger partial charge is 0.326 e. The van der Waals surface area contributed by atoms with Crippen LogP contribution in [0.2, 0.25) is 0 Å². The number of fused-ring (bicyclic) bond motifs is 6. The number of allylic oxidation sites excluding steroid dienone is 2. The molecule has 3 fully saturated rings. The molecule has 41 heavy (non-hydrogen) atoms. The van der Waals surface area contributed by atoms with Crippen molar-refractivity contribution in [1.82, 2.24) is 10.3 Å². The molecule has 1 heterocycles. The van der Waals surface area contributed by atoms with Crippen LogP contribution in [0.3, 0.4) is 0 Å². The van der Waals surface area contributed by atoms with Gasteiger partial charge in [0.2, 0.25) is 0 Å². The van der Waals surface area contributed by atoms with Crippen LogP contribution in [0.25, 0.3) is 10.9 Å². The van der Waals surface area contributed by atoms with E-state index in [-0.39, 0.29) is 23.9 Å². The molecule has 4 aliphatic rings. The van der Waals surface area contributed by atoms with Crippen LogP contribution < -0.4 is 5.32 Å². The molecule has 0 bridgehead atoms. The number of hydrogen-bond acceptors (Lipinski definition) is 5. The summed E-state index contributed by atoms with van der Waals surface area (Å²) in [5.41, 5.74) is 3.66. The number of carbonyl (C=O) groups is 2. The molecule has 0 aliphatic heterocycles. The molecule has 8 heteroatoms. The Kier molecular flexibility index (Phi) is 7.04. The van der Waals surface area contributed by atoms with Gasteiger partial charge in [-0.2, -0.15) is 0 Å². The Hall–Kier alpha value is -3.13. The number of para-hydroxylation sites is 1. The second-order valence-electron chi connectivity index (χ2n) is 13.6. The number of aliphatic hydroxyl groups is 1. The molecule has 0 unspecified atom stereocenters. The molecular formula is C33H43N3O5. The number of nitrogens with zero attached hydrogens (tertiary/aromatic N) is 1. The summed E-state index contributed by atoms with van der Waals surface area (Å²) < 4.78 is 0. The first kappa shape index (κ1) is 28.0. The maximum atomic E-state index is 12.6. The highest BCUT2D eigenvalue weighted by Gasteiger charge is 2.62. The van der Waals surface area contributed by atoms with Gasteiger partial charge in [0.1, 0.15) is 6.04 Å². The molecule has 4 N–H and O–H groups in total. The first-order valence-corrected chi connectivity index (χ1v) is 15.2. The number of rotatable bonds is 7. The van der Waals surface area contributed by atoms with Crippen molar-refractivity contribution in [2.45, 2.75) is 90.2 Å². The van der Waals surface area contributed by atoms with Crippen LogP contribution >= 0.6 is 0 Å². The van der Waals surface area contributed by atoms with Crippen LogP contribution in [-0.4, -0.2) is 51.0 Å². The molecule has 220 valence electrons. The van der Waals surface area contributed by atoms with Crippen LogP contribution in [0.1, 0.15) is 77.7 Å². The van der Waals surface area contributed by atoms with Crippen molar-refractivity contribution < 1.29 is 24.6 Å². The van der Waals surface area contributed by atoms with E-state index < -0.39 is 23.5 Å². The minimum absolute atomic E-state index is 0.0243. The van der Waals surface area contributed by atoms with Crippen molar-refractivity contribution in [3.63, 3.8) is 0 Å². The summed E-state index contributed by atoms with van der Waals surface area (Å²) in [6.45, 7) is 6.48. The number of hydrogen-bond donors (Lipinski definition) is 4. The minimum Gasteiger partial charge on any atom is -0.480 e. The molecule has 1 aromatic carbocycles. The fraction of sp³-hybridized carbons (Fsp3) is 0.606. The van der Waals surface area contributed by atoms with E-state index in [4.69, 9.17) is 4.84 Å². The summed E-state index contributed by atoms with van der Waals surface area (Å²) >= 11 is 0. The lowest BCUT2D eigenvalue weighted by molar-refractivity contribution is -0.142. The molecule has 7 atom stereocenters. The van der Waals surface area contributed by atoms with Crippen molar-refractivity contribution in [1.29, 1.82) is 0 Å². The lowest BCUT2D eigenvalue weighted by Gasteiger charge is -2.59. The van der Waals surface area contributed by atoms with Crippen LogP contribution in [-0.2, 0) is 20.8 Å². The third-order valence-electron chi connectivity index (χ3n) is 11.6. The van der Waals surface area contributed by atoms with Crippen molar-refractivity contribution in [2.24, 2.45) is 33.7 Å². The topological polar surface area (TPSA) is 124 Å². The zero-order valence-electron chi connectivity index (χ0n) is 24.4. The van der Waals surface area contributed by atoms with Gasteiger partial charge in [0.15, 0.2) is 6.61 Å². The number of benzene rings is 1. The minimum atomic E-state index is -1.09. The quantitative estimate of drug-likeness (QED) is 0.339. The standard InChI is InChI=1S/C33H43N3O5/c1-31-13-10-22(17-21(31)8-9-24-25(31)11-14-32(2)26(24)12-15-33(32,3)40)36-41-19-29(37)35-28(30(38)39)16-20-18-34-27-7-5-4-6-23(20)27/h4-7,17-18,24-26,28,34,40H,8-16,19H2,1-3H3,(H,35,37)(H,38,39)/t24-,25-,26-,28+,31+,32+,33+/m1/s1. The van der Waals surface area contributed by atoms with E-state index >= 15 is 0 Å². The number of oxime groups is 1. The van der Waals surface area contributed by atoms with E-state index in [0.29, 0.717) is 17.8 Å². The van der Waals surface area contributed by atoms with Crippen molar-refractivity contribution in [2.75, 3.05) is 6.61 Å². The number of amides is 1. The van der Waals surface area contributed by atoms with E-state index in [9.17, 15) is 19.8 Å². The normalized spacial score (nSPS) is 36.1. The van der Waals surface area contributed by atoms with Crippen LogP contribution in [0.5, 0.6) is 0 Å². The number of nitrogens with one attached hydrogen (secondary N) is 2. The molecule has 0 saturated heterocycles. The average Bonchev–Trinajstić information content (AvgIpc) is 3.45. The molecule has 1 amide bonds. The monoisotopic (exact) mass is 561 g/mol. The van der Waals surface area contributed by atoms with E-state index in [1.54, 1.807) is 6.20 Å². The zero-order valence-corrected chi connectivity index (χ0v) is 24.4. The van der Waals surface area contributed by atoms with Gasteiger partial charge < -0.3 is 25.4 Å². The van der Waals surface area contributed by atoms with E-state index in [2.05, 4.69) is 42.3 Å². The first-order valence-electron chi connectivity index (χ1n) is 15.2. The summed E-state index contributed by atoms with van der Waals surface area (Å²) in [6.07, 6.45) is 12.4. The Morgan fingerprint density at radius 1 is 1.10 bits per heavy atom. The number of carboxylic acid groups (broad SMARTS) is 1. The number of aromatic nitrogens is 1. The molecule has 2 aromatic rings. The highest BCUT2D eigenvalue weighted by Crippen LogP contribution is 2.67. The van der Waals surface area contributed by atoms with Gasteiger partial charge >= 0.3 is 5.97 Å². The van der Waals surface area contributed by atoms with Gasteiger partial charge in [0, 0.05) is 23.5 Å². The second-order valence-corrected chi connectivity index (χ2v) is 13.6. The molecule has 6 rings (SSSR count). The van der Waals surface area contributed by atoms with Gasteiger partial charge in [-0.3, -0.25) is 4.79 Å². The van der Waals surface area contributed by atoms with Crippen molar-refractivity contribution in [3.05, 3.63) is 47.7 Å². The Morgan fingerprint density at radius 3 is 2.68 bits per heavy atom. The molecule has 3 saturated carbocycles. The lowest BCUT2D eigenvalue weighted by Crippen LogP contribution is -2.53. The van der Waals surface area contributed by atoms with E-state index in [0.717, 1.165) is 73.5 Å². The van der Waals surface area contributed by atoms with E-state index in [1.165, 1.54) is 5.57 Å². The number of aromatic amines is 1. The molecular weight excluding hydrogens is 518 g/mol. The zero-order chi connectivity index (χ0) is 29.0. The third-order valence-corrected chi connectivity index (χ3v) is 11.6. The fourth-order valence-electron chi connectivity index (χ4n) is 9.02. The summed E-state index contributed by atoms with van der Waals surface area (Å²) in [7, 11) is 0. The summed E-state index contributed by atoms with van der Waals surface area (Å²) in [5.74, 6) is 0.291. The number of H-pyrrole nitrogens is 1. The summed E-state index contributed by atoms with van der Waals surface area (Å²) in [4.78, 5) is 33.0.